The Bertz CT molecular complexity index is 599. The SMILES string of the molecule is NCCc1ccc(CNC(=O)Nc2ccccc2Cl)cc1. The first-order valence-electron chi connectivity index (χ1n) is 6.76. The summed E-state index contributed by atoms with van der Waals surface area (Å²) >= 11 is 5.98. The number of urea groups is 1. The average molecular weight is 304 g/mol. The number of para-hydroxylation sites is 1. The number of rotatable bonds is 5. The summed E-state index contributed by atoms with van der Waals surface area (Å²) in [6, 6.07) is 14.9. The summed E-state index contributed by atoms with van der Waals surface area (Å²) in [5, 5.41) is 6.02. The summed E-state index contributed by atoms with van der Waals surface area (Å²) in [6.45, 7) is 1.09. The second-order valence-corrected chi connectivity index (χ2v) is 5.05. The Morgan fingerprint density at radius 3 is 2.38 bits per heavy atom. The zero-order valence-electron chi connectivity index (χ0n) is 11.6. The van der Waals surface area contributed by atoms with Crippen molar-refractivity contribution in [1.82, 2.24) is 5.32 Å². The Hall–Kier alpha value is -2.04. The summed E-state index contributed by atoms with van der Waals surface area (Å²) in [5.41, 5.74) is 8.33. The molecule has 0 radical (unpaired) electrons. The molecule has 2 rings (SSSR count). The van der Waals surface area contributed by atoms with Crippen LogP contribution in [-0.2, 0) is 13.0 Å². The van der Waals surface area contributed by atoms with Gasteiger partial charge in [-0.05, 0) is 36.2 Å². The first-order chi connectivity index (χ1) is 10.2. The molecule has 2 amide bonds. The molecular formula is C16H18ClN3O. The van der Waals surface area contributed by atoms with Crippen LogP contribution in [0.3, 0.4) is 0 Å². The fourth-order valence-electron chi connectivity index (χ4n) is 1.90. The van der Waals surface area contributed by atoms with Crippen molar-refractivity contribution in [3.8, 4) is 0 Å². The highest BCUT2D eigenvalue weighted by Crippen LogP contribution is 2.20. The van der Waals surface area contributed by atoms with Gasteiger partial charge in [-0.1, -0.05) is 48.0 Å². The van der Waals surface area contributed by atoms with E-state index in [9.17, 15) is 4.79 Å². The Labute approximate surface area is 129 Å². The third kappa shape index (κ3) is 4.77. The van der Waals surface area contributed by atoms with Gasteiger partial charge in [-0.15, -0.1) is 0 Å². The van der Waals surface area contributed by atoms with Crippen LogP contribution in [0.5, 0.6) is 0 Å². The van der Waals surface area contributed by atoms with E-state index in [0.717, 1.165) is 12.0 Å². The van der Waals surface area contributed by atoms with Crippen molar-refractivity contribution < 1.29 is 4.79 Å². The molecule has 0 aromatic heterocycles. The molecule has 5 heteroatoms. The first-order valence-corrected chi connectivity index (χ1v) is 7.14. The van der Waals surface area contributed by atoms with Crippen molar-refractivity contribution in [3.63, 3.8) is 0 Å². The number of nitrogens with one attached hydrogen (secondary N) is 2. The number of halogens is 1. The lowest BCUT2D eigenvalue weighted by molar-refractivity contribution is 0.251. The molecule has 2 aromatic carbocycles. The van der Waals surface area contributed by atoms with Crippen LogP contribution in [0.2, 0.25) is 5.02 Å². The number of amides is 2. The van der Waals surface area contributed by atoms with E-state index in [0.29, 0.717) is 23.8 Å². The molecule has 110 valence electrons. The minimum absolute atomic E-state index is 0.283. The monoisotopic (exact) mass is 303 g/mol. The maximum absolute atomic E-state index is 11.8. The van der Waals surface area contributed by atoms with Crippen molar-refractivity contribution in [2.45, 2.75) is 13.0 Å². The standard InChI is InChI=1S/C16H18ClN3O/c17-14-3-1-2-4-15(14)20-16(21)19-11-13-7-5-12(6-8-13)9-10-18/h1-8H,9-11,18H2,(H2,19,20,21). The van der Waals surface area contributed by atoms with Crippen molar-refractivity contribution in [3.05, 3.63) is 64.7 Å². The van der Waals surface area contributed by atoms with Crippen LogP contribution in [-0.4, -0.2) is 12.6 Å². The molecule has 0 atom stereocenters. The van der Waals surface area contributed by atoms with Gasteiger partial charge in [-0.25, -0.2) is 4.79 Å². The molecule has 0 heterocycles. The van der Waals surface area contributed by atoms with Gasteiger partial charge in [-0.2, -0.15) is 0 Å². The maximum Gasteiger partial charge on any atom is 0.319 e. The fraction of sp³-hybridized carbons (Fsp3) is 0.188. The zero-order valence-corrected chi connectivity index (χ0v) is 12.4. The van der Waals surface area contributed by atoms with Crippen molar-refractivity contribution in [2.24, 2.45) is 5.73 Å². The van der Waals surface area contributed by atoms with E-state index in [2.05, 4.69) is 10.6 Å². The van der Waals surface area contributed by atoms with Crippen LogP contribution in [0.4, 0.5) is 10.5 Å². The molecule has 0 saturated heterocycles. The average Bonchev–Trinajstić information content (AvgIpc) is 2.49. The van der Waals surface area contributed by atoms with Gasteiger partial charge in [0.15, 0.2) is 0 Å². The maximum atomic E-state index is 11.8. The first kappa shape index (κ1) is 15.4. The largest absolute Gasteiger partial charge is 0.334 e. The lowest BCUT2D eigenvalue weighted by atomic mass is 10.1. The topological polar surface area (TPSA) is 67.1 Å². The molecule has 0 aliphatic heterocycles. The number of nitrogens with two attached hydrogens (primary N) is 1. The zero-order chi connectivity index (χ0) is 15.1. The van der Waals surface area contributed by atoms with Gasteiger partial charge in [0.25, 0.3) is 0 Å². The smallest absolute Gasteiger partial charge is 0.319 e. The van der Waals surface area contributed by atoms with Crippen LogP contribution in [0.25, 0.3) is 0 Å². The Morgan fingerprint density at radius 1 is 1.05 bits per heavy atom. The van der Waals surface area contributed by atoms with Crippen LogP contribution in [0.15, 0.2) is 48.5 Å². The molecule has 0 fully saturated rings. The minimum atomic E-state index is -0.283. The summed E-state index contributed by atoms with van der Waals surface area (Å²) < 4.78 is 0. The summed E-state index contributed by atoms with van der Waals surface area (Å²) in [7, 11) is 0. The van der Waals surface area contributed by atoms with Crippen LogP contribution in [0, 0.1) is 0 Å². The van der Waals surface area contributed by atoms with E-state index in [1.807, 2.05) is 36.4 Å². The second-order valence-electron chi connectivity index (χ2n) is 4.64. The third-order valence-corrected chi connectivity index (χ3v) is 3.36. The predicted octanol–water partition coefficient (Wildman–Crippen LogP) is 3.16. The number of anilines is 1. The summed E-state index contributed by atoms with van der Waals surface area (Å²) in [5.74, 6) is 0. The Morgan fingerprint density at radius 2 is 1.71 bits per heavy atom. The number of carbonyl (C=O) groups is 1. The van der Waals surface area contributed by atoms with Gasteiger partial charge >= 0.3 is 6.03 Å². The molecule has 4 nitrogen and oxygen atoms in total. The highest BCUT2D eigenvalue weighted by atomic mass is 35.5. The number of benzene rings is 2. The molecule has 21 heavy (non-hydrogen) atoms. The normalized spacial score (nSPS) is 10.2. The molecule has 2 aromatic rings. The van der Waals surface area contributed by atoms with E-state index in [4.69, 9.17) is 17.3 Å². The van der Waals surface area contributed by atoms with E-state index < -0.39 is 0 Å². The van der Waals surface area contributed by atoms with Crippen molar-refractivity contribution in [1.29, 1.82) is 0 Å². The summed E-state index contributed by atoms with van der Waals surface area (Å²) in [6.07, 6.45) is 0.862. The lowest BCUT2D eigenvalue weighted by Crippen LogP contribution is -2.28. The van der Waals surface area contributed by atoms with E-state index in [1.165, 1.54) is 5.56 Å². The molecule has 0 aliphatic carbocycles. The number of hydrogen-bond donors (Lipinski definition) is 3. The van der Waals surface area contributed by atoms with E-state index in [-0.39, 0.29) is 6.03 Å². The van der Waals surface area contributed by atoms with Crippen LogP contribution in [0.1, 0.15) is 11.1 Å². The molecule has 0 unspecified atom stereocenters. The highest BCUT2D eigenvalue weighted by Gasteiger charge is 2.04. The van der Waals surface area contributed by atoms with E-state index >= 15 is 0 Å². The van der Waals surface area contributed by atoms with Gasteiger partial charge in [0, 0.05) is 6.54 Å². The van der Waals surface area contributed by atoms with Crippen LogP contribution >= 0.6 is 11.6 Å². The Kier molecular flexibility index (Phi) is 5.60. The Balaban J connectivity index is 1.85. The number of carbonyl (C=O) groups excluding carboxylic acids is 1. The molecular weight excluding hydrogens is 286 g/mol. The van der Waals surface area contributed by atoms with Gasteiger partial charge < -0.3 is 16.4 Å². The lowest BCUT2D eigenvalue weighted by Gasteiger charge is -2.09. The van der Waals surface area contributed by atoms with Crippen LogP contribution < -0.4 is 16.4 Å². The quantitative estimate of drug-likeness (QED) is 0.794. The summed E-state index contributed by atoms with van der Waals surface area (Å²) in [4.78, 5) is 11.8. The minimum Gasteiger partial charge on any atom is -0.334 e. The van der Waals surface area contributed by atoms with Gasteiger partial charge in [0.05, 0.1) is 10.7 Å². The highest BCUT2D eigenvalue weighted by molar-refractivity contribution is 6.33. The van der Waals surface area contributed by atoms with Crippen molar-refractivity contribution in [2.75, 3.05) is 11.9 Å². The van der Waals surface area contributed by atoms with E-state index in [1.54, 1.807) is 12.1 Å². The second kappa shape index (κ2) is 7.67. The molecule has 0 spiro atoms. The van der Waals surface area contributed by atoms with Gasteiger partial charge in [0.2, 0.25) is 0 Å². The van der Waals surface area contributed by atoms with Gasteiger partial charge in [-0.3, -0.25) is 0 Å². The van der Waals surface area contributed by atoms with Gasteiger partial charge in [0.1, 0.15) is 0 Å². The molecule has 0 bridgehead atoms. The molecule has 0 aliphatic rings. The molecule has 0 saturated carbocycles. The fourth-order valence-corrected chi connectivity index (χ4v) is 2.08. The predicted molar refractivity (Wildman–Crippen MR) is 86.5 cm³/mol. The molecule has 4 N–H and O–H groups in total. The van der Waals surface area contributed by atoms with Crippen molar-refractivity contribution >= 4 is 23.3 Å². The number of hydrogen-bond acceptors (Lipinski definition) is 2. The third-order valence-electron chi connectivity index (χ3n) is 3.03.